The number of imidazole rings is 1. The molecule has 0 N–H and O–H groups in total. The molecule has 0 saturated carbocycles. The van der Waals surface area contributed by atoms with Gasteiger partial charge in [-0.15, -0.1) is 0 Å². The summed E-state index contributed by atoms with van der Waals surface area (Å²) >= 11 is 0. The average Bonchev–Trinajstić information content (AvgIpc) is 4.20. The van der Waals surface area contributed by atoms with E-state index in [1.807, 2.05) is 6.07 Å². The standard InChI is InChI=1S/C60H64N6O/c1-44(2)54-39-49(47-20-9-6-10-21-47)40-55(45(3)4)58(54)66-41-50(61-60(66)48-22-11-7-12-23-48)24-13-5-8-19-46-29-31-51(32-30-46)64-37-35-62(42-64)33-16-17-34-63-36-38-65(43-63)56-27-18-26-53-52-25-14-15-28-57(52)67-59(53)56/h6-7,9-12,14-15,18,20-23,25-32,35-41,44-45H,5,8,13,16-17,19,24,33-34,42-43H2,1-4H3. The summed E-state index contributed by atoms with van der Waals surface area (Å²) in [6, 6.07) is 50.3. The Morgan fingerprint density at radius 3 is 1.85 bits per heavy atom. The van der Waals surface area contributed by atoms with Gasteiger partial charge in [-0.25, -0.2) is 4.98 Å². The summed E-state index contributed by atoms with van der Waals surface area (Å²) in [5.41, 5.74) is 14.6. The van der Waals surface area contributed by atoms with Crippen LogP contribution in [-0.2, 0) is 12.8 Å². The van der Waals surface area contributed by atoms with Gasteiger partial charge < -0.3 is 24.0 Å². The van der Waals surface area contributed by atoms with Gasteiger partial charge in [-0.1, -0.05) is 137 Å². The van der Waals surface area contributed by atoms with E-state index in [9.17, 15) is 0 Å². The number of unbranched alkanes of at least 4 members (excludes halogenated alkanes) is 3. The number of furan rings is 1. The molecule has 2 aromatic heterocycles. The van der Waals surface area contributed by atoms with E-state index in [1.165, 1.54) is 62.8 Å². The molecular formula is C60H64N6O. The number of nitrogens with zero attached hydrogens (tertiary/aromatic N) is 6. The maximum atomic E-state index is 6.30. The number of hydrogen-bond acceptors (Lipinski definition) is 6. The Morgan fingerprint density at radius 1 is 0.537 bits per heavy atom. The van der Waals surface area contributed by atoms with Crippen molar-refractivity contribution in [3.8, 4) is 28.2 Å². The maximum Gasteiger partial charge on any atom is 0.159 e. The third kappa shape index (κ3) is 9.65. The molecule has 2 aliphatic rings. The van der Waals surface area contributed by atoms with Crippen LogP contribution in [0.3, 0.4) is 0 Å². The lowest BCUT2D eigenvalue weighted by Crippen LogP contribution is -2.28. The molecule has 0 radical (unpaired) electrons. The summed E-state index contributed by atoms with van der Waals surface area (Å²) in [7, 11) is 0. The second-order valence-electron chi connectivity index (χ2n) is 19.1. The van der Waals surface area contributed by atoms with Crippen molar-refractivity contribution in [1.82, 2.24) is 19.4 Å². The summed E-state index contributed by atoms with van der Waals surface area (Å²) in [6.07, 6.45) is 19.0. The van der Waals surface area contributed by atoms with Crippen molar-refractivity contribution in [3.05, 3.63) is 193 Å². The van der Waals surface area contributed by atoms with E-state index in [4.69, 9.17) is 9.40 Å². The van der Waals surface area contributed by atoms with E-state index in [0.29, 0.717) is 11.8 Å². The number of hydrogen-bond donors (Lipinski definition) is 0. The second kappa shape index (κ2) is 19.9. The Balaban J connectivity index is 0.693. The Hall–Kier alpha value is -6.99. The van der Waals surface area contributed by atoms with Crippen molar-refractivity contribution in [3.63, 3.8) is 0 Å². The third-order valence-corrected chi connectivity index (χ3v) is 13.6. The van der Waals surface area contributed by atoms with Gasteiger partial charge in [0.05, 0.1) is 30.4 Å². The number of fused-ring (bicyclic) bond motifs is 3. The molecular weight excluding hydrogens is 821 g/mol. The van der Waals surface area contributed by atoms with Gasteiger partial charge in [-0.2, -0.15) is 0 Å². The Morgan fingerprint density at radius 2 is 1.15 bits per heavy atom. The van der Waals surface area contributed by atoms with Gasteiger partial charge in [-0.05, 0) is 115 Å². The van der Waals surface area contributed by atoms with E-state index in [-0.39, 0.29) is 0 Å². The molecule has 0 spiro atoms. The highest BCUT2D eigenvalue weighted by molar-refractivity contribution is 6.09. The fourth-order valence-electron chi connectivity index (χ4n) is 9.94. The van der Waals surface area contributed by atoms with Crippen LogP contribution in [0.4, 0.5) is 11.4 Å². The van der Waals surface area contributed by atoms with Gasteiger partial charge in [0.15, 0.2) is 5.58 Å². The lowest BCUT2D eigenvalue weighted by atomic mass is 9.88. The zero-order chi connectivity index (χ0) is 45.7. The van der Waals surface area contributed by atoms with Crippen LogP contribution in [0.25, 0.3) is 50.1 Å². The smallest absolute Gasteiger partial charge is 0.159 e. The van der Waals surface area contributed by atoms with Crippen LogP contribution in [0, 0.1) is 0 Å². The Labute approximate surface area is 397 Å². The van der Waals surface area contributed by atoms with Gasteiger partial charge in [0.25, 0.3) is 0 Å². The molecule has 8 aromatic rings. The van der Waals surface area contributed by atoms with Crippen molar-refractivity contribution in [2.45, 2.75) is 84.5 Å². The van der Waals surface area contributed by atoms with Gasteiger partial charge in [0, 0.05) is 66.1 Å². The van der Waals surface area contributed by atoms with Crippen molar-refractivity contribution in [1.29, 1.82) is 0 Å². The molecule has 2 aliphatic heterocycles. The van der Waals surface area contributed by atoms with Crippen LogP contribution in [-0.4, -0.2) is 45.8 Å². The lowest BCUT2D eigenvalue weighted by Gasteiger charge is -2.23. The minimum absolute atomic E-state index is 0.353. The van der Waals surface area contributed by atoms with Crippen molar-refractivity contribution in [2.75, 3.05) is 36.2 Å². The first-order chi connectivity index (χ1) is 32.9. The molecule has 7 heteroatoms. The van der Waals surface area contributed by atoms with Gasteiger partial charge in [0.2, 0.25) is 0 Å². The first-order valence-corrected chi connectivity index (χ1v) is 24.6. The number of para-hydroxylation sites is 2. The van der Waals surface area contributed by atoms with Crippen molar-refractivity contribution in [2.24, 2.45) is 0 Å². The molecule has 10 rings (SSSR count). The summed E-state index contributed by atoms with van der Waals surface area (Å²) in [4.78, 5) is 14.8. The summed E-state index contributed by atoms with van der Waals surface area (Å²) in [5, 5.41) is 2.35. The molecule has 0 atom stereocenters. The van der Waals surface area contributed by atoms with Gasteiger partial charge in [0.1, 0.15) is 11.4 Å². The molecule has 7 nitrogen and oxygen atoms in total. The largest absolute Gasteiger partial charge is 0.454 e. The zero-order valence-corrected chi connectivity index (χ0v) is 39.7. The van der Waals surface area contributed by atoms with Crippen LogP contribution >= 0.6 is 0 Å². The predicted molar refractivity (Wildman–Crippen MR) is 280 cm³/mol. The van der Waals surface area contributed by atoms with E-state index in [0.717, 1.165) is 92.5 Å². The highest BCUT2D eigenvalue weighted by Gasteiger charge is 2.23. The molecule has 0 saturated heterocycles. The van der Waals surface area contributed by atoms with Crippen LogP contribution < -0.4 is 9.80 Å². The molecule has 340 valence electrons. The molecule has 4 heterocycles. The predicted octanol–water partition coefficient (Wildman–Crippen LogP) is 14.9. The fraction of sp³-hybridized carbons (Fsp3) is 0.283. The van der Waals surface area contributed by atoms with Gasteiger partial charge >= 0.3 is 0 Å². The number of benzene rings is 6. The summed E-state index contributed by atoms with van der Waals surface area (Å²) in [6.45, 7) is 13.1. The summed E-state index contributed by atoms with van der Waals surface area (Å²) in [5.74, 6) is 1.73. The Kier molecular flexibility index (Phi) is 13.0. The highest BCUT2D eigenvalue weighted by atomic mass is 16.3. The number of aromatic nitrogens is 2. The lowest BCUT2D eigenvalue weighted by molar-refractivity contribution is 0.354. The minimum Gasteiger partial charge on any atom is -0.454 e. The number of rotatable bonds is 18. The van der Waals surface area contributed by atoms with E-state index >= 15 is 0 Å². The minimum atomic E-state index is 0.353. The molecule has 0 fully saturated rings. The number of aryl methyl sites for hydroxylation is 2. The van der Waals surface area contributed by atoms with Crippen molar-refractivity contribution < 1.29 is 4.42 Å². The first kappa shape index (κ1) is 43.9. The molecule has 0 amide bonds. The Bertz CT molecular complexity index is 2950. The number of anilines is 2. The van der Waals surface area contributed by atoms with Crippen molar-refractivity contribution >= 4 is 33.3 Å². The fourth-order valence-corrected chi connectivity index (χ4v) is 9.94. The highest BCUT2D eigenvalue weighted by Crippen LogP contribution is 2.39. The van der Waals surface area contributed by atoms with Crippen LogP contribution in [0.1, 0.15) is 94.0 Å². The zero-order valence-electron chi connectivity index (χ0n) is 39.7. The molecule has 67 heavy (non-hydrogen) atoms. The normalized spacial score (nSPS) is 13.8. The van der Waals surface area contributed by atoms with E-state index in [1.54, 1.807) is 0 Å². The molecule has 0 bridgehead atoms. The maximum absolute atomic E-state index is 6.30. The van der Waals surface area contributed by atoms with Crippen LogP contribution in [0.5, 0.6) is 0 Å². The summed E-state index contributed by atoms with van der Waals surface area (Å²) < 4.78 is 8.71. The van der Waals surface area contributed by atoms with E-state index < -0.39 is 0 Å². The second-order valence-corrected chi connectivity index (χ2v) is 19.1. The quantitative estimate of drug-likeness (QED) is 0.0800. The topological polar surface area (TPSA) is 43.9 Å². The average molecular weight is 885 g/mol. The molecule has 0 unspecified atom stereocenters. The molecule has 6 aromatic carbocycles. The monoisotopic (exact) mass is 885 g/mol. The third-order valence-electron chi connectivity index (χ3n) is 13.6. The SMILES string of the molecule is CC(C)c1cc(-c2ccccc2)cc(C(C)C)c1-n1cc(CCCCCc2ccc(N3C=CN(CCCCN4C=CN(c5cccc6c5oc5ccccc56)C4)C3)cc2)nc1-c1ccccc1. The van der Waals surface area contributed by atoms with Crippen LogP contribution in [0.15, 0.2) is 175 Å². The van der Waals surface area contributed by atoms with Gasteiger partial charge in [-0.3, -0.25) is 4.57 Å². The molecule has 0 aliphatic carbocycles. The van der Waals surface area contributed by atoms with Crippen LogP contribution in [0.2, 0.25) is 0 Å². The first-order valence-electron chi connectivity index (χ1n) is 24.6. The van der Waals surface area contributed by atoms with E-state index in [2.05, 4.69) is 216 Å².